The highest BCUT2D eigenvalue weighted by Gasteiger charge is 2.45. The SMILES string of the molecule is CC1(C)c2ccccc2[Si](C)(C)c2c(-c3cccc(-c4cccc5c(-c6ccccc6)c6cccc(-c7cccc(-c8cccc9c8[Si](C)(C)c8ccccc8C9(C)C)c7)c6cc45)c3)cccc21. The van der Waals surface area contributed by atoms with Crippen LogP contribution in [0.15, 0.2) is 206 Å². The van der Waals surface area contributed by atoms with E-state index in [1.54, 1.807) is 20.7 Å². The van der Waals surface area contributed by atoms with Gasteiger partial charge in [-0.3, -0.25) is 0 Å². The first-order chi connectivity index (χ1) is 32.8. The average Bonchev–Trinajstić information content (AvgIpc) is 3.36. The lowest BCUT2D eigenvalue weighted by molar-refractivity contribution is 0.645. The van der Waals surface area contributed by atoms with E-state index in [2.05, 4.69) is 260 Å². The van der Waals surface area contributed by atoms with Crippen molar-refractivity contribution in [3.05, 3.63) is 229 Å². The van der Waals surface area contributed by atoms with Gasteiger partial charge >= 0.3 is 0 Å². The predicted octanol–water partition coefficient (Wildman–Crippen LogP) is 15.3. The van der Waals surface area contributed by atoms with E-state index >= 15 is 0 Å². The Hall–Kier alpha value is -6.85. The third-order valence-corrected chi connectivity index (χ3v) is 23.5. The molecule has 68 heavy (non-hydrogen) atoms. The van der Waals surface area contributed by atoms with Gasteiger partial charge in [0.15, 0.2) is 0 Å². The van der Waals surface area contributed by atoms with Crippen molar-refractivity contribution in [2.75, 3.05) is 0 Å². The van der Waals surface area contributed by atoms with E-state index in [-0.39, 0.29) is 10.8 Å². The average molecular weight is 907 g/mol. The van der Waals surface area contributed by atoms with Gasteiger partial charge in [-0.25, -0.2) is 0 Å². The summed E-state index contributed by atoms with van der Waals surface area (Å²) >= 11 is 0. The summed E-state index contributed by atoms with van der Waals surface area (Å²) in [6.45, 7) is 19.9. The number of hydrogen-bond acceptors (Lipinski definition) is 0. The molecule has 0 spiro atoms. The van der Waals surface area contributed by atoms with E-state index < -0.39 is 16.1 Å². The van der Waals surface area contributed by atoms with E-state index in [9.17, 15) is 0 Å². The van der Waals surface area contributed by atoms with Crippen LogP contribution in [0.1, 0.15) is 49.9 Å². The Bertz CT molecular complexity index is 3460. The van der Waals surface area contributed by atoms with Crippen LogP contribution in [0.5, 0.6) is 0 Å². The number of rotatable bonds is 5. The van der Waals surface area contributed by atoms with Gasteiger partial charge < -0.3 is 0 Å². The molecule has 2 aliphatic rings. The quantitative estimate of drug-likeness (QED) is 0.119. The monoisotopic (exact) mass is 906 g/mol. The van der Waals surface area contributed by atoms with Crippen molar-refractivity contribution in [2.45, 2.75) is 64.7 Å². The highest BCUT2D eigenvalue weighted by Crippen LogP contribution is 2.45. The Labute approximate surface area is 405 Å². The summed E-state index contributed by atoms with van der Waals surface area (Å²) in [7, 11) is -4.12. The van der Waals surface area contributed by atoms with E-state index in [0.717, 1.165) is 0 Å². The molecular weight excluding hydrogens is 849 g/mol. The minimum Gasteiger partial charge on any atom is -0.0623 e. The van der Waals surface area contributed by atoms with Gasteiger partial charge in [0.2, 0.25) is 0 Å². The molecule has 10 aromatic carbocycles. The Morgan fingerprint density at radius 1 is 0.279 bits per heavy atom. The van der Waals surface area contributed by atoms with Crippen LogP contribution in [0.2, 0.25) is 26.2 Å². The lowest BCUT2D eigenvalue weighted by Crippen LogP contribution is -2.62. The standard InChI is InChI=1S/C66H58Si2/c1-65(2)56-34-12-14-38-60(56)67(5,6)63-50(30-20-36-58(63)65)46-26-16-24-44(40-46)48-28-18-32-52-54(48)42-55-49(29-19-33-53(55)62(52)43-22-10-9-11-23-43)45-25-17-27-47(41-45)51-31-21-37-59-64(51)68(7,8)61-39-15-13-35-57(61)66(59,3)4/h9-42H,1-8H3. The molecule has 0 aromatic heterocycles. The molecule has 0 radical (unpaired) electrons. The van der Waals surface area contributed by atoms with Crippen molar-refractivity contribution in [3.63, 3.8) is 0 Å². The molecule has 2 aliphatic heterocycles. The van der Waals surface area contributed by atoms with Crippen LogP contribution >= 0.6 is 0 Å². The van der Waals surface area contributed by atoms with Crippen molar-refractivity contribution in [1.82, 2.24) is 0 Å². The molecule has 2 heterocycles. The van der Waals surface area contributed by atoms with Crippen molar-refractivity contribution in [3.8, 4) is 55.6 Å². The largest absolute Gasteiger partial charge is 0.113 e. The summed E-state index contributed by atoms with van der Waals surface area (Å²) in [6, 6.07) is 78.9. The second-order valence-electron chi connectivity index (χ2n) is 21.6. The minimum atomic E-state index is -2.06. The molecule has 0 fully saturated rings. The summed E-state index contributed by atoms with van der Waals surface area (Å²) in [5, 5.41) is 11.3. The topological polar surface area (TPSA) is 0 Å². The summed E-state index contributed by atoms with van der Waals surface area (Å²) in [4.78, 5) is 0. The minimum absolute atomic E-state index is 0.0776. The summed E-state index contributed by atoms with van der Waals surface area (Å²) in [5.74, 6) is 0. The molecule has 0 nitrogen and oxygen atoms in total. The molecule has 0 saturated carbocycles. The third kappa shape index (κ3) is 6.23. The van der Waals surface area contributed by atoms with Crippen LogP contribution in [0.25, 0.3) is 77.2 Å². The predicted molar refractivity (Wildman–Crippen MR) is 299 cm³/mol. The van der Waals surface area contributed by atoms with Crippen molar-refractivity contribution in [2.24, 2.45) is 0 Å². The number of hydrogen-bond donors (Lipinski definition) is 0. The van der Waals surface area contributed by atoms with Crippen molar-refractivity contribution < 1.29 is 0 Å². The van der Waals surface area contributed by atoms with E-state index in [1.807, 2.05) is 0 Å². The molecule has 0 saturated heterocycles. The van der Waals surface area contributed by atoms with Crippen LogP contribution < -0.4 is 20.7 Å². The molecule has 0 bridgehead atoms. The summed E-state index contributed by atoms with van der Waals surface area (Å²) in [5.41, 5.74) is 18.6. The van der Waals surface area contributed by atoms with Crippen LogP contribution in [-0.4, -0.2) is 16.1 Å². The Kier molecular flexibility index (Phi) is 9.59. The van der Waals surface area contributed by atoms with Gasteiger partial charge in [-0.1, -0.05) is 252 Å². The second kappa shape index (κ2) is 15.3. The van der Waals surface area contributed by atoms with Crippen LogP contribution in [0, 0.1) is 0 Å². The lowest BCUT2D eigenvalue weighted by atomic mass is 9.76. The smallest absolute Gasteiger partial charge is 0.0623 e. The molecule has 0 N–H and O–H groups in total. The van der Waals surface area contributed by atoms with Crippen molar-refractivity contribution in [1.29, 1.82) is 0 Å². The third-order valence-electron chi connectivity index (χ3n) is 16.3. The molecule has 0 atom stereocenters. The molecule has 330 valence electrons. The first-order valence-corrected chi connectivity index (χ1v) is 30.5. The fourth-order valence-corrected chi connectivity index (χ4v) is 20.6. The van der Waals surface area contributed by atoms with Crippen LogP contribution in [-0.2, 0) is 10.8 Å². The molecule has 2 heteroatoms. The van der Waals surface area contributed by atoms with E-state index in [4.69, 9.17) is 0 Å². The summed E-state index contributed by atoms with van der Waals surface area (Å²) < 4.78 is 0. The number of benzene rings is 10. The molecule has 0 amide bonds. The highest BCUT2D eigenvalue weighted by atomic mass is 28.3. The highest BCUT2D eigenvalue weighted by molar-refractivity contribution is 7.02. The Balaban J connectivity index is 1.05. The molecule has 0 aliphatic carbocycles. The zero-order valence-electron chi connectivity index (χ0n) is 40.6. The zero-order valence-corrected chi connectivity index (χ0v) is 42.6. The molecule has 10 aromatic rings. The maximum absolute atomic E-state index is 2.55. The van der Waals surface area contributed by atoms with Crippen molar-refractivity contribution >= 4 is 58.4 Å². The molecule has 0 unspecified atom stereocenters. The normalized spacial score (nSPS) is 15.8. The van der Waals surface area contributed by atoms with Gasteiger partial charge in [-0.05, 0) is 128 Å². The second-order valence-corrected chi connectivity index (χ2v) is 30.2. The van der Waals surface area contributed by atoms with Gasteiger partial charge in [0.05, 0.1) is 0 Å². The van der Waals surface area contributed by atoms with E-state index in [1.165, 1.54) is 99.4 Å². The maximum Gasteiger partial charge on any atom is 0.113 e. The first kappa shape index (κ1) is 42.5. The van der Waals surface area contributed by atoms with E-state index in [0.29, 0.717) is 0 Å². The first-order valence-electron chi connectivity index (χ1n) is 24.5. The van der Waals surface area contributed by atoms with Gasteiger partial charge in [-0.15, -0.1) is 0 Å². The van der Waals surface area contributed by atoms with Crippen LogP contribution in [0.3, 0.4) is 0 Å². The summed E-state index contributed by atoms with van der Waals surface area (Å²) in [6.07, 6.45) is 0. The lowest BCUT2D eigenvalue weighted by Gasteiger charge is -2.44. The van der Waals surface area contributed by atoms with Gasteiger partial charge in [0.1, 0.15) is 16.1 Å². The maximum atomic E-state index is 2.55. The fraction of sp³-hybridized carbons (Fsp3) is 0.152. The zero-order chi connectivity index (χ0) is 46.7. The van der Waals surface area contributed by atoms with Gasteiger partial charge in [0.25, 0.3) is 0 Å². The Morgan fingerprint density at radius 2 is 0.618 bits per heavy atom. The van der Waals surface area contributed by atoms with Gasteiger partial charge in [0, 0.05) is 10.8 Å². The van der Waals surface area contributed by atoms with Gasteiger partial charge in [-0.2, -0.15) is 0 Å². The molecule has 12 rings (SSSR count). The van der Waals surface area contributed by atoms with Crippen LogP contribution in [0.4, 0.5) is 0 Å². The number of fused-ring (bicyclic) bond motifs is 6. The molecular formula is C66H58Si2. The fourth-order valence-electron chi connectivity index (χ4n) is 13.0. The Morgan fingerprint density at radius 3 is 1.07 bits per heavy atom.